The number of rotatable bonds is 8. The van der Waals surface area contributed by atoms with Crippen LogP contribution in [0, 0.1) is 5.82 Å². The van der Waals surface area contributed by atoms with Gasteiger partial charge in [-0.25, -0.2) is 8.91 Å². The average molecular weight is 460 g/mol. The highest BCUT2D eigenvalue weighted by molar-refractivity contribution is 6.30. The van der Waals surface area contributed by atoms with Gasteiger partial charge in [0.25, 0.3) is 11.8 Å². The van der Waals surface area contributed by atoms with Crippen LogP contribution >= 0.6 is 11.6 Å². The Morgan fingerprint density at radius 1 is 1.06 bits per heavy atom. The number of ether oxygens (including phenoxy) is 2. The standard InChI is InChI=1S/C21H19ClFN5O4/c22-14-2-1-13(7-15(14)23)31-8-17(29)26-20-10-21(11-20,12-20)27-18(30)9-32-19-4-6-28-16(25-19)3-5-24-28/h1-7H,8-12H2,(H,26,29)(H,27,30). The number of halogens is 2. The molecule has 3 aromatic rings. The minimum absolute atomic E-state index is 0.0101. The Morgan fingerprint density at radius 2 is 1.75 bits per heavy atom. The first-order chi connectivity index (χ1) is 15.3. The Labute approximate surface area is 186 Å². The van der Waals surface area contributed by atoms with Crippen LogP contribution in [-0.2, 0) is 9.59 Å². The second kappa shape index (κ2) is 7.63. The van der Waals surface area contributed by atoms with Gasteiger partial charge in [-0.05, 0) is 31.4 Å². The van der Waals surface area contributed by atoms with Gasteiger partial charge in [-0.2, -0.15) is 10.1 Å². The second-order valence-corrected chi connectivity index (χ2v) is 8.65. The molecule has 6 rings (SSSR count). The van der Waals surface area contributed by atoms with Gasteiger partial charge in [-0.1, -0.05) is 11.6 Å². The van der Waals surface area contributed by atoms with Crippen molar-refractivity contribution in [3.05, 3.63) is 53.6 Å². The average Bonchev–Trinajstić information content (AvgIpc) is 3.18. The van der Waals surface area contributed by atoms with Gasteiger partial charge < -0.3 is 20.1 Å². The highest BCUT2D eigenvalue weighted by Crippen LogP contribution is 2.60. The molecule has 9 nitrogen and oxygen atoms in total. The Kier molecular flexibility index (Phi) is 4.89. The van der Waals surface area contributed by atoms with Gasteiger partial charge in [0.05, 0.1) is 11.2 Å². The van der Waals surface area contributed by atoms with Crippen LogP contribution in [0.4, 0.5) is 4.39 Å². The fourth-order valence-corrected chi connectivity index (χ4v) is 4.56. The van der Waals surface area contributed by atoms with E-state index in [0.717, 1.165) is 6.07 Å². The number of nitrogens with one attached hydrogen (secondary N) is 2. The molecule has 2 aromatic heterocycles. The number of amides is 2. The summed E-state index contributed by atoms with van der Waals surface area (Å²) in [7, 11) is 0. The normalized spacial score (nSPS) is 23.1. The Hall–Kier alpha value is -3.40. The van der Waals surface area contributed by atoms with Gasteiger partial charge in [0.15, 0.2) is 18.9 Å². The highest BCUT2D eigenvalue weighted by Gasteiger charge is 2.69. The van der Waals surface area contributed by atoms with Crippen molar-refractivity contribution in [2.24, 2.45) is 0 Å². The zero-order chi connectivity index (χ0) is 22.3. The van der Waals surface area contributed by atoms with Gasteiger partial charge >= 0.3 is 0 Å². The number of carbonyl (C=O) groups is 2. The molecule has 3 saturated carbocycles. The Balaban J connectivity index is 1.04. The largest absolute Gasteiger partial charge is 0.484 e. The van der Waals surface area contributed by atoms with Crippen molar-refractivity contribution < 1.29 is 23.5 Å². The van der Waals surface area contributed by atoms with E-state index in [4.69, 9.17) is 21.1 Å². The number of benzene rings is 1. The van der Waals surface area contributed by atoms with E-state index in [1.807, 2.05) is 0 Å². The van der Waals surface area contributed by atoms with E-state index in [9.17, 15) is 14.0 Å². The first-order valence-corrected chi connectivity index (χ1v) is 10.3. The lowest BCUT2D eigenvalue weighted by molar-refractivity contribution is -0.151. The minimum atomic E-state index is -0.608. The lowest BCUT2D eigenvalue weighted by atomic mass is 9.44. The molecule has 0 radical (unpaired) electrons. The van der Waals surface area contributed by atoms with Crippen LogP contribution in [0.1, 0.15) is 19.3 Å². The molecule has 1 aromatic carbocycles. The number of hydrogen-bond donors (Lipinski definition) is 2. The molecule has 0 unspecified atom stereocenters. The van der Waals surface area contributed by atoms with E-state index in [1.54, 1.807) is 29.0 Å². The monoisotopic (exact) mass is 459 g/mol. The molecule has 2 amide bonds. The molecule has 2 bridgehead atoms. The molecule has 0 aliphatic heterocycles. The van der Waals surface area contributed by atoms with Crippen molar-refractivity contribution in [1.82, 2.24) is 25.2 Å². The van der Waals surface area contributed by atoms with Crippen molar-refractivity contribution in [1.29, 1.82) is 0 Å². The molecule has 2 heterocycles. The lowest BCUT2D eigenvalue weighted by Gasteiger charge is -2.70. The van der Waals surface area contributed by atoms with Crippen molar-refractivity contribution in [3.63, 3.8) is 0 Å². The quantitative estimate of drug-likeness (QED) is 0.532. The van der Waals surface area contributed by atoms with E-state index < -0.39 is 5.82 Å². The molecular formula is C21H19ClFN5O4. The SMILES string of the molecule is O=C(COc1ccc(Cl)c(F)c1)NC12CC(NC(=O)COc3ccn4nccc4n3)(C1)C2. The van der Waals surface area contributed by atoms with E-state index in [-0.39, 0.29) is 46.9 Å². The minimum Gasteiger partial charge on any atom is -0.484 e. The van der Waals surface area contributed by atoms with Crippen LogP contribution in [0.15, 0.2) is 42.7 Å². The molecule has 3 fully saturated rings. The number of hydrogen-bond acceptors (Lipinski definition) is 6. The smallest absolute Gasteiger partial charge is 0.258 e. The molecule has 0 spiro atoms. The molecule has 0 atom stereocenters. The fourth-order valence-electron chi connectivity index (χ4n) is 4.45. The highest BCUT2D eigenvalue weighted by atomic mass is 35.5. The van der Waals surface area contributed by atoms with E-state index in [2.05, 4.69) is 20.7 Å². The van der Waals surface area contributed by atoms with Crippen LogP contribution in [0.3, 0.4) is 0 Å². The molecule has 0 saturated heterocycles. The number of carbonyl (C=O) groups excluding carboxylic acids is 2. The second-order valence-electron chi connectivity index (χ2n) is 8.24. The summed E-state index contributed by atoms with van der Waals surface area (Å²) in [5.74, 6) is -0.582. The maximum absolute atomic E-state index is 13.4. The molecule has 32 heavy (non-hydrogen) atoms. The summed E-state index contributed by atoms with van der Waals surface area (Å²) in [5.41, 5.74) is -0.00398. The van der Waals surface area contributed by atoms with Gasteiger partial charge in [-0.3, -0.25) is 9.59 Å². The van der Waals surface area contributed by atoms with E-state index >= 15 is 0 Å². The third kappa shape index (κ3) is 3.93. The van der Waals surface area contributed by atoms with Gasteiger partial charge in [0.2, 0.25) is 5.88 Å². The predicted octanol–water partition coefficient (Wildman–Crippen LogP) is 1.89. The molecule has 3 aliphatic rings. The number of nitrogens with zero attached hydrogens (tertiary/aromatic N) is 3. The van der Waals surface area contributed by atoms with Gasteiger partial charge in [-0.15, -0.1) is 0 Å². The summed E-state index contributed by atoms with van der Waals surface area (Å²) in [5, 5.41) is 9.96. The first kappa shape index (κ1) is 20.5. The maximum atomic E-state index is 13.4. The summed E-state index contributed by atoms with van der Waals surface area (Å²) in [4.78, 5) is 28.7. The zero-order valence-electron chi connectivity index (χ0n) is 16.8. The number of fused-ring (bicyclic) bond motifs is 1. The Bertz CT molecular complexity index is 1200. The summed E-state index contributed by atoms with van der Waals surface area (Å²) < 4.78 is 25.8. The van der Waals surface area contributed by atoms with E-state index in [0.29, 0.717) is 30.8 Å². The molecular weight excluding hydrogens is 441 g/mol. The molecule has 2 N–H and O–H groups in total. The van der Waals surface area contributed by atoms with Crippen molar-refractivity contribution >= 4 is 29.1 Å². The topological polar surface area (TPSA) is 107 Å². The summed E-state index contributed by atoms with van der Waals surface area (Å²) in [6, 6.07) is 7.37. The third-order valence-corrected chi connectivity index (χ3v) is 5.99. The first-order valence-electron chi connectivity index (χ1n) is 9.97. The van der Waals surface area contributed by atoms with Crippen molar-refractivity contribution in [2.75, 3.05) is 13.2 Å². The zero-order valence-corrected chi connectivity index (χ0v) is 17.6. The Morgan fingerprint density at radius 3 is 2.44 bits per heavy atom. The van der Waals surface area contributed by atoms with E-state index in [1.165, 1.54) is 12.1 Å². The predicted molar refractivity (Wildman–Crippen MR) is 111 cm³/mol. The third-order valence-electron chi connectivity index (χ3n) is 5.68. The summed E-state index contributed by atoms with van der Waals surface area (Å²) in [6.07, 6.45) is 5.27. The van der Waals surface area contributed by atoms with Crippen molar-refractivity contribution in [2.45, 2.75) is 30.3 Å². The molecule has 3 aliphatic carbocycles. The summed E-state index contributed by atoms with van der Waals surface area (Å²) >= 11 is 5.62. The fraction of sp³-hybridized carbons (Fsp3) is 0.333. The summed E-state index contributed by atoms with van der Waals surface area (Å²) in [6.45, 7) is -0.380. The van der Waals surface area contributed by atoms with Crippen LogP contribution in [-0.4, -0.2) is 50.7 Å². The lowest BCUT2D eigenvalue weighted by Crippen LogP contribution is -2.84. The molecule has 166 valence electrons. The maximum Gasteiger partial charge on any atom is 0.258 e. The van der Waals surface area contributed by atoms with Crippen LogP contribution in [0.25, 0.3) is 5.65 Å². The van der Waals surface area contributed by atoms with Crippen LogP contribution in [0.5, 0.6) is 11.6 Å². The van der Waals surface area contributed by atoms with Gasteiger partial charge in [0, 0.05) is 35.5 Å². The molecule has 11 heteroatoms. The van der Waals surface area contributed by atoms with Crippen LogP contribution in [0.2, 0.25) is 5.02 Å². The van der Waals surface area contributed by atoms with Gasteiger partial charge in [0.1, 0.15) is 11.6 Å². The number of aromatic nitrogens is 3. The van der Waals surface area contributed by atoms with Crippen LogP contribution < -0.4 is 20.1 Å². The van der Waals surface area contributed by atoms with Crippen molar-refractivity contribution in [3.8, 4) is 11.6 Å².